The minimum absolute atomic E-state index is 0.413. The number of carbonyl (C=O) groups is 1. The molecule has 2 rings (SSSR count). The third kappa shape index (κ3) is 5.13. The monoisotopic (exact) mass is 371 g/mol. The van der Waals surface area contributed by atoms with Gasteiger partial charge in [-0.2, -0.15) is 0 Å². The number of para-hydroxylation sites is 1. The number of carboxylic acid groups (broad SMARTS) is 1. The van der Waals surface area contributed by atoms with Gasteiger partial charge in [0.05, 0.1) is 12.8 Å². The Bertz CT molecular complexity index is 817. The van der Waals surface area contributed by atoms with Gasteiger partial charge in [-0.25, -0.2) is 4.79 Å². The quantitative estimate of drug-likeness (QED) is 0.403. The molecule has 0 radical (unpaired) electrons. The Hall–Kier alpha value is -2.73. The molecule has 0 fully saturated rings. The van der Waals surface area contributed by atoms with Crippen LogP contribution in [0.15, 0.2) is 58.9 Å². The summed E-state index contributed by atoms with van der Waals surface area (Å²) >= 11 is 1.63. The van der Waals surface area contributed by atoms with E-state index in [2.05, 4.69) is 11.6 Å². The van der Waals surface area contributed by atoms with Crippen LogP contribution < -0.4 is 9.47 Å². The van der Waals surface area contributed by atoms with E-state index >= 15 is 0 Å². The first-order chi connectivity index (χ1) is 12.6. The molecule has 0 aliphatic rings. The molecule has 0 spiro atoms. The number of ether oxygens (including phenoxy) is 2. The fraction of sp³-hybridized carbons (Fsp3) is 0.200. The maximum Gasteiger partial charge on any atom is 0.341 e. The van der Waals surface area contributed by atoms with Gasteiger partial charge >= 0.3 is 5.97 Å². The van der Waals surface area contributed by atoms with E-state index in [1.165, 1.54) is 7.11 Å². The summed E-state index contributed by atoms with van der Waals surface area (Å²) in [6, 6.07) is 11.6. The van der Waals surface area contributed by atoms with E-state index in [0.717, 1.165) is 21.7 Å². The van der Waals surface area contributed by atoms with E-state index in [-0.39, 0.29) is 0 Å². The van der Waals surface area contributed by atoms with Crippen LogP contribution in [0.2, 0.25) is 0 Å². The van der Waals surface area contributed by atoms with Crippen LogP contribution in [-0.2, 0) is 11.2 Å². The van der Waals surface area contributed by atoms with E-state index in [4.69, 9.17) is 14.6 Å². The minimum Gasteiger partial charge on any atom is -0.493 e. The molecule has 0 bridgehead atoms. The molecule has 2 aromatic carbocycles. The number of carboxylic acids is 1. The van der Waals surface area contributed by atoms with Crippen molar-refractivity contribution in [3.05, 3.63) is 60.2 Å². The smallest absolute Gasteiger partial charge is 0.341 e. The second-order valence-corrected chi connectivity index (χ2v) is 6.16. The zero-order valence-electron chi connectivity index (χ0n) is 14.8. The maximum atomic E-state index is 10.8. The van der Waals surface area contributed by atoms with Crippen molar-refractivity contribution in [2.45, 2.75) is 11.3 Å². The SMILES string of the molecule is C=CCc1cc(C=Nc2ccccc2SC)cc(OC)c1OCC(=O)O. The number of allylic oxidation sites excluding steroid dienone is 1. The molecule has 0 amide bonds. The van der Waals surface area contributed by atoms with Crippen molar-refractivity contribution in [1.29, 1.82) is 0 Å². The summed E-state index contributed by atoms with van der Waals surface area (Å²) in [6.07, 6.45) is 6.01. The highest BCUT2D eigenvalue weighted by atomic mass is 32.2. The molecule has 2 aromatic rings. The summed E-state index contributed by atoms with van der Waals surface area (Å²) in [5.74, 6) is -0.169. The molecule has 6 heteroatoms. The van der Waals surface area contributed by atoms with E-state index in [9.17, 15) is 4.79 Å². The number of nitrogens with zero attached hydrogens (tertiary/aromatic N) is 1. The Balaban J connectivity index is 2.39. The molecule has 0 heterocycles. The molecular weight excluding hydrogens is 350 g/mol. The summed E-state index contributed by atoms with van der Waals surface area (Å²) in [4.78, 5) is 16.5. The predicted molar refractivity (Wildman–Crippen MR) is 106 cm³/mol. The summed E-state index contributed by atoms with van der Waals surface area (Å²) in [5, 5.41) is 8.86. The zero-order chi connectivity index (χ0) is 18.9. The van der Waals surface area contributed by atoms with Gasteiger partial charge in [0, 0.05) is 16.7 Å². The lowest BCUT2D eigenvalue weighted by atomic mass is 10.1. The minimum atomic E-state index is -1.05. The first-order valence-electron chi connectivity index (χ1n) is 7.92. The third-order valence-electron chi connectivity index (χ3n) is 3.52. The lowest BCUT2D eigenvalue weighted by molar-refractivity contribution is -0.139. The molecular formula is C20H21NO4S. The topological polar surface area (TPSA) is 68.1 Å². The van der Waals surface area contributed by atoms with Gasteiger partial charge in [0.2, 0.25) is 0 Å². The Kier molecular flexibility index (Phi) is 7.29. The average Bonchev–Trinajstić information content (AvgIpc) is 2.65. The lowest BCUT2D eigenvalue weighted by Gasteiger charge is -2.14. The molecule has 0 aliphatic heterocycles. The van der Waals surface area contributed by atoms with Crippen molar-refractivity contribution in [3.63, 3.8) is 0 Å². The molecule has 0 saturated carbocycles. The van der Waals surface area contributed by atoms with Gasteiger partial charge < -0.3 is 14.6 Å². The number of hydrogen-bond acceptors (Lipinski definition) is 5. The molecule has 0 atom stereocenters. The number of hydrogen-bond donors (Lipinski definition) is 1. The van der Waals surface area contributed by atoms with Crippen molar-refractivity contribution in [3.8, 4) is 11.5 Å². The van der Waals surface area contributed by atoms with Gasteiger partial charge in [0.15, 0.2) is 18.1 Å². The Morgan fingerprint density at radius 1 is 1.35 bits per heavy atom. The Morgan fingerprint density at radius 2 is 2.12 bits per heavy atom. The van der Waals surface area contributed by atoms with Crippen molar-refractivity contribution >= 4 is 29.6 Å². The summed E-state index contributed by atoms with van der Waals surface area (Å²) < 4.78 is 10.8. The van der Waals surface area contributed by atoms with Crippen LogP contribution in [0.25, 0.3) is 0 Å². The number of methoxy groups -OCH3 is 1. The highest BCUT2D eigenvalue weighted by molar-refractivity contribution is 7.98. The number of aliphatic carboxylic acids is 1. The normalized spacial score (nSPS) is 10.7. The number of rotatable bonds is 9. The van der Waals surface area contributed by atoms with Crippen LogP contribution in [0.5, 0.6) is 11.5 Å². The van der Waals surface area contributed by atoms with Crippen LogP contribution in [0.3, 0.4) is 0 Å². The molecule has 26 heavy (non-hydrogen) atoms. The Morgan fingerprint density at radius 3 is 2.77 bits per heavy atom. The fourth-order valence-corrected chi connectivity index (χ4v) is 2.94. The van der Waals surface area contributed by atoms with E-state index in [1.54, 1.807) is 30.1 Å². The third-order valence-corrected chi connectivity index (χ3v) is 4.30. The number of thioether (sulfide) groups is 1. The summed E-state index contributed by atoms with van der Waals surface area (Å²) in [7, 11) is 1.52. The van der Waals surface area contributed by atoms with Gasteiger partial charge in [-0.1, -0.05) is 18.2 Å². The van der Waals surface area contributed by atoms with Gasteiger partial charge in [-0.15, -0.1) is 18.3 Å². The summed E-state index contributed by atoms with van der Waals surface area (Å²) in [6.45, 7) is 3.31. The standard InChI is InChI=1S/C20H21NO4S/c1-4-7-15-10-14(11-17(24-2)20(15)25-13-19(22)23)12-21-16-8-5-6-9-18(16)26-3/h4-6,8-12H,1,7,13H2,2-3H3,(H,22,23). The van der Waals surface area contributed by atoms with E-state index in [0.29, 0.717) is 17.9 Å². The number of aliphatic imine (C=N–C) groups is 1. The van der Waals surface area contributed by atoms with Crippen LogP contribution in [-0.4, -0.2) is 37.3 Å². The molecule has 136 valence electrons. The molecule has 0 saturated heterocycles. The van der Waals surface area contributed by atoms with Crippen LogP contribution in [0, 0.1) is 0 Å². The average molecular weight is 371 g/mol. The summed E-state index contributed by atoms with van der Waals surface area (Å²) in [5.41, 5.74) is 2.51. The van der Waals surface area contributed by atoms with Crippen molar-refractivity contribution < 1.29 is 19.4 Å². The van der Waals surface area contributed by atoms with Crippen LogP contribution >= 0.6 is 11.8 Å². The van der Waals surface area contributed by atoms with Crippen LogP contribution in [0.4, 0.5) is 5.69 Å². The lowest BCUT2D eigenvalue weighted by Crippen LogP contribution is -2.11. The molecule has 5 nitrogen and oxygen atoms in total. The van der Waals surface area contributed by atoms with Crippen molar-refractivity contribution in [2.75, 3.05) is 20.0 Å². The molecule has 0 unspecified atom stereocenters. The van der Waals surface area contributed by atoms with Gasteiger partial charge in [0.25, 0.3) is 0 Å². The first kappa shape index (κ1) is 19.6. The van der Waals surface area contributed by atoms with Crippen molar-refractivity contribution in [1.82, 2.24) is 0 Å². The van der Waals surface area contributed by atoms with Gasteiger partial charge in [-0.3, -0.25) is 4.99 Å². The fourth-order valence-electron chi connectivity index (χ4n) is 2.40. The molecule has 0 aromatic heterocycles. The van der Waals surface area contributed by atoms with E-state index in [1.807, 2.05) is 36.6 Å². The first-order valence-corrected chi connectivity index (χ1v) is 9.15. The second-order valence-electron chi connectivity index (χ2n) is 5.32. The maximum absolute atomic E-state index is 10.8. The van der Waals surface area contributed by atoms with Gasteiger partial charge in [-0.05, 0) is 42.5 Å². The highest BCUT2D eigenvalue weighted by Crippen LogP contribution is 2.34. The molecule has 1 N–H and O–H groups in total. The highest BCUT2D eigenvalue weighted by Gasteiger charge is 2.13. The van der Waals surface area contributed by atoms with Gasteiger partial charge in [0.1, 0.15) is 0 Å². The predicted octanol–water partition coefficient (Wildman–Crippen LogP) is 4.36. The molecule has 0 aliphatic carbocycles. The second kappa shape index (κ2) is 9.68. The van der Waals surface area contributed by atoms with Crippen LogP contribution in [0.1, 0.15) is 11.1 Å². The number of benzene rings is 2. The zero-order valence-corrected chi connectivity index (χ0v) is 15.6. The Labute approximate surface area is 157 Å². The largest absolute Gasteiger partial charge is 0.493 e. The van der Waals surface area contributed by atoms with E-state index < -0.39 is 12.6 Å². The van der Waals surface area contributed by atoms with Crippen molar-refractivity contribution in [2.24, 2.45) is 4.99 Å².